The zero-order valence-electron chi connectivity index (χ0n) is 23.2. The van der Waals surface area contributed by atoms with Crippen LogP contribution in [0.25, 0.3) is 0 Å². The van der Waals surface area contributed by atoms with Gasteiger partial charge in [0.2, 0.25) is 17.7 Å². The van der Waals surface area contributed by atoms with E-state index in [1.54, 1.807) is 24.3 Å². The average molecular weight is 602 g/mol. The third-order valence-electron chi connectivity index (χ3n) is 7.63. The minimum absolute atomic E-state index is 0.0899. The van der Waals surface area contributed by atoms with Gasteiger partial charge in [-0.2, -0.15) is 0 Å². The fraction of sp³-hybridized carbons (Fsp3) is 0.250. The Bertz CT molecular complexity index is 1740. The Morgan fingerprint density at radius 3 is 2.21 bits per heavy atom. The molecule has 1 N–H and O–H groups in total. The van der Waals surface area contributed by atoms with E-state index in [0.717, 1.165) is 39.1 Å². The zero-order valence-corrected chi connectivity index (χ0v) is 24.8. The Morgan fingerprint density at radius 2 is 1.57 bits per heavy atom. The number of para-hydroxylation sites is 1. The van der Waals surface area contributed by atoms with Crippen molar-refractivity contribution in [3.8, 4) is 0 Å². The van der Waals surface area contributed by atoms with Crippen molar-refractivity contribution in [3.63, 3.8) is 0 Å². The summed E-state index contributed by atoms with van der Waals surface area (Å²) in [5.74, 6) is -3.01. The maximum atomic E-state index is 14.0. The van der Waals surface area contributed by atoms with Crippen molar-refractivity contribution >= 4 is 52.2 Å². The van der Waals surface area contributed by atoms with Crippen LogP contribution >= 0.6 is 23.1 Å². The third-order valence-corrected chi connectivity index (χ3v) is 10.2. The first-order valence-electron chi connectivity index (χ1n) is 13.5. The number of halogens is 1. The smallest absolute Gasteiger partial charge is 0.308 e. The second-order valence-electron chi connectivity index (χ2n) is 11.4. The van der Waals surface area contributed by atoms with Gasteiger partial charge < -0.3 is 5.32 Å². The molecule has 0 radical (unpaired) electrons. The Labute approximate surface area is 250 Å². The number of hydrogen-bond donors (Lipinski definition) is 1. The molecule has 0 spiro atoms. The van der Waals surface area contributed by atoms with Crippen LogP contribution in [-0.4, -0.2) is 27.5 Å². The monoisotopic (exact) mass is 601 g/mol. The van der Waals surface area contributed by atoms with Crippen LogP contribution in [0.3, 0.4) is 0 Å². The molecule has 0 saturated carbocycles. The van der Waals surface area contributed by atoms with E-state index in [4.69, 9.17) is 0 Å². The van der Waals surface area contributed by atoms with Crippen molar-refractivity contribution in [1.82, 2.24) is 4.57 Å². The SMILES string of the molecule is CC(C)(C)c1ccc([C@@H]2c3sc(=O)n(CC(=O)Nc4ccccc4)c3S[C@H]3C(=O)N(c4ccc(F)cc4)C(=O)[C@@H]23)cc1. The van der Waals surface area contributed by atoms with Crippen LogP contribution in [-0.2, 0) is 26.3 Å². The van der Waals surface area contributed by atoms with E-state index >= 15 is 0 Å². The molecule has 1 aromatic heterocycles. The summed E-state index contributed by atoms with van der Waals surface area (Å²) < 4.78 is 15.1. The minimum atomic E-state index is -0.820. The molecular weight excluding hydrogens is 574 g/mol. The summed E-state index contributed by atoms with van der Waals surface area (Å²) in [4.78, 5) is 55.6. The summed E-state index contributed by atoms with van der Waals surface area (Å²) in [5.41, 5.74) is 2.73. The number of amides is 3. The molecule has 4 aromatic rings. The van der Waals surface area contributed by atoms with Gasteiger partial charge >= 0.3 is 4.87 Å². The van der Waals surface area contributed by atoms with Gasteiger partial charge in [-0.25, -0.2) is 9.29 Å². The number of thiazole rings is 1. The van der Waals surface area contributed by atoms with E-state index < -0.39 is 34.7 Å². The highest BCUT2D eigenvalue weighted by molar-refractivity contribution is 8.00. The highest BCUT2D eigenvalue weighted by Crippen LogP contribution is 2.54. The summed E-state index contributed by atoms with van der Waals surface area (Å²) >= 11 is 2.15. The number of imide groups is 1. The van der Waals surface area contributed by atoms with Crippen molar-refractivity contribution in [1.29, 1.82) is 0 Å². The van der Waals surface area contributed by atoms with Gasteiger partial charge in [-0.15, -0.1) is 0 Å². The zero-order chi connectivity index (χ0) is 29.8. The Morgan fingerprint density at radius 1 is 0.905 bits per heavy atom. The molecule has 2 aliphatic heterocycles. The van der Waals surface area contributed by atoms with Gasteiger partial charge in [0.25, 0.3) is 0 Å². The molecule has 42 heavy (non-hydrogen) atoms. The Hall–Kier alpha value is -4.02. The molecule has 1 fully saturated rings. The van der Waals surface area contributed by atoms with Gasteiger partial charge in [-0.05, 0) is 52.9 Å². The van der Waals surface area contributed by atoms with Gasteiger partial charge in [0.05, 0.1) is 16.6 Å². The van der Waals surface area contributed by atoms with Gasteiger partial charge in [-0.1, -0.05) is 86.3 Å². The van der Waals surface area contributed by atoms with Crippen molar-refractivity contribution in [2.24, 2.45) is 5.92 Å². The lowest BCUT2D eigenvalue weighted by Gasteiger charge is -2.31. The van der Waals surface area contributed by atoms with Crippen LogP contribution < -0.4 is 15.1 Å². The molecule has 1 saturated heterocycles. The number of thioether (sulfide) groups is 1. The van der Waals surface area contributed by atoms with Gasteiger partial charge in [0.15, 0.2) is 0 Å². The van der Waals surface area contributed by atoms with Gasteiger partial charge in [0, 0.05) is 16.5 Å². The van der Waals surface area contributed by atoms with E-state index in [1.807, 2.05) is 30.3 Å². The van der Waals surface area contributed by atoms with E-state index in [9.17, 15) is 23.6 Å². The molecular formula is C32H28FN3O4S2. The maximum Gasteiger partial charge on any atom is 0.308 e. The van der Waals surface area contributed by atoms with Crippen LogP contribution in [0.4, 0.5) is 15.8 Å². The van der Waals surface area contributed by atoms with Crippen molar-refractivity contribution < 1.29 is 18.8 Å². The number of carbonyl (C=O) groups excluding carboxylic acids is 3. The first-order chi connectivity index (χ1) is 20.0. The summed E-state index contributed by atoms with van der Waals surface area (Å²) in [6, 6.07) is 22.2. The lowest BCUT2D eigenvalue weighted by molar-refractivity contribution is -0.122. The number of benzene rings is 3. The predicted octanol–water partition coefficient (Wildman–Crippen LogP) is 5.78. The highest BCUT2D eigenvalue weighted by atomic mass is 32.2. The first kappa shape index (κ1) is 28.1. The number of carbonyl (C=O) groups is 3. The number of nitrogens with one attached hydrogen (secondary N) is 1. The molecule has 7 nitrogen and oxygen atoms in total. The lowest BCUT2D eigenvalue weighted by atomic mass is 9.81. The molecule has 2 aliphatic rings. The average Bonchev–Trinajstić information content (AvgIpc) is 3.40. The fourth-order valence-corrected chi connectivity index (χ4v) is 8.29. The normalized spacial score (nSPS) is 19.9. The van der Waals surface area contributed by atoms with E-state index in [-0.39, 0.29) is 22.7 Å². The molecule has 3 amide bonds. The number of fused-ring (bicyclic) bond motifs is 2. The quantitative estimate of drug-likeness (QED) is 0.293. The van der Waals surface area contributed by atoms with Crippen LogP contribution in [0.2, 0.25) is 0 Å². The van der Waals surface area contributed by atoms with Crippen LogP contribution in [0, 0.1) is 11.7 Å². The van der Waals surface area contributed by atoms with Crippen LogP contribution in [0.15, 0.2) is 88.7 Å². The summed E-state index contributed by atoms with van der Waals surface area (Å²) in [6.45, 7) is 6.10. The molecule has 6 rings (SSSR count). The number of nitrogens with zero attached hydrogens (tertiary/aromatic N) is 2. The second-order valence-corrected chi connectivity index (χ2v) is 13.6. The van der Waals surface area contributed by atoms with Crippen LogP contribution in [0.5, 0.6) is 0 Å². The largest absolute Gasteiger partial charge is 0.325 e. The first-order valence-corrected chi connectivity index (χ1v) is 15.2. The standard InChI is InChI=1S/C32H28FN3O4S2/c1-32(2,3)19-11-9-18(10-12-19)24-25-26(29(39)36(28(25)38)22-15-13-20(33)14-16-22)41-30-27(24)42-31(40)35(30)17-23(37)34-21-7-5-4-6-8-21/h4-16,24-26H,17H2,1-3H3,(H,34,37)/t24-,25-,26+/m0/s1. The second kappa shape index (κ2) is 10.7. The van der Waals surface area contributed by atoms with E-state index in [1.165, 1.54) is 28.8 Å². The van der Waals surface area contributed by atoms with Crippen molar-refractivity contribution in [2.75, 3.05) is 10.2 Å². The number of hydrogen-bond acceptors (Lipinski definition) is 6. The number of aromatic nitrogens is 1. The molecule has 0 aliphatic carbocycles. The van der Waals surface area contributed by atoms with Crippen molar-refractivity contribution in [2.45, 2.75) is 48.9 Å². The minimum Gasteiger partial charge on any atom is -0.325 e. The maximum absolute atomic E-state index is 14.0. The molecule has 214 valence electrons. The summed E-state index contributed by atoms with van der Waals surface area (Å²) in [6.07, 6.45) is 0. The molecule has 0 unspecified atom stereocenters. The molecule has 3 heterocycles. The third kappa shape index (κ3) is 4.98. The molecule has 10 heteroatoms. The Kier molecular flexibility index (Phi) is 7.14. The molecule has 3 atom stereocenters. The van der Waals surface area contributed by atoms with E-state index in [2.05, 4.69) is 26.1 Å². The highest BCUT2D eigenvalue weighted by Gasteiger charge is 2.56. The molecule has 0 bridgehead atoms. The summed E-state index contributed by atoms with van der Waals surface area (Å²) in [7, 11) is 0. The van der Waals surface area contributed by atoms with Gasteiger partial charge in [0.1, 0.15) is 17.6 Å². The fourth-order valence-electron chi connectivity index (χ4n) is 5.52. The lowest BCUT2D eigenvalue weighted by Crippen LogP contribution is -2.33. The topological polar surface area (TPSA) is 88.5 Å². The van der Waals surface area contributed by atoms with Gasteiger partial charge in [-0.3, -0.25) is 23.7 Å². The van der Waals surface area contributed by atoms with E-state index in [0.29, 0.717) is 21.3 Å². The molecule has 3 aromatic carbocycles. The number of anilines is 2. The number of rotatable bonds is 5. The summed E-state index contributed by atoms with van der Waals surface area (Å²) in [5, 5.41) is 2.51. The van der Waals surface area contributed by atoms with Crippen LogP contribution in [0.1, 0.15) is 42.7 Å². The predicted molar refractivity (Wildman–Crippen MR) is 163 cm³/mol. The van der Waals surface area contributed by atoms with Crippen molar-refractivity contribution in [3.05, 3.63) is 110 Å². The Balaban J connectivity index is 1.43.